The van der Waals surface area contributed by atoms with E-state index in [4.69, 9.17) is 11.6 Å². The quantitative estimate of drug-likeness (QED) is 0.384. The molecule has 0 unspecified atom stereocenters. The van der Waals surface area contributed by atoms with E-state index in [2.05, 4.69) is 25.9 Å². The van der Waals surface area contributed by atoms with Gasteiger partial charge in [0.05, 0.1) is 27.8 Å². The van der Waals surface area contributed by atoms with Gasteiger partial charge in [-0.2, -0.15) is 0 Å². The lowest BCUT2D eigenvalue weighted by atomic mass is 10.2. The summed E-state index contributed by atoms with van der Waals surface area (Å²) in [4.78, 5) is 22.3. The van der Waals surface area contributed by atoms with Gasteiger partial charge < -0.3 is 16.0 Å². The monoisotopic (exact) mass is 393 g/mol. The van der Waals surface area contributed by atoms with E-state index in [1.165, 1.54) is 0 Å². The topological polar surface area (TPSA) is 78.4 Å². The zero-order valence-corrected chi connectivity index (χ0v) is 16.8. The Kier molecular flexibility index (Phi) is 7.87. The summed E-state index contributed by atoms with van der Waals surface area (Å²) in [7, 11) is 0. The van der Waals surface area contributed by atoms with Crippen molar-refractivity contribution in [3.8, 4) is 0 Å². The van der Waals surface area contributed by atoms with Gasteiger partial charge >= 0.3 is 0 Å². The number of aryl methyl sites for hydroxylation is 2. The standard InChI is InChI=1S/C18H24ClN5OS/c1-4-20-18(23-11-16-12(2)24-13(3)26-16)22-10-9-21-17(25)14-7-5-6-8-15(14)19/h5-8H,4,9-11H2,1-3H3,(H,21,25)(H2,20,22,23). The zero-order valence-electron chi connectivity index (χ0n) is 15.2. The van der Waals surface area contributed by atoms with Crippen molar-refractivity contribution in [1.82, 2.24) is 20.9 Å². The Balaban J connectivity index is 1.82. The lowest BCUT2D eigenvalue weighted by molar-refractivity contribution is 0.0954. The van der Waals surface area contributed by atoms with Crippen molar-refractivity contribution >= 4 is 34.8 Å². The molecule has 2 aromatic rings. The minimum absolute atomic E-state index is 0.185. The van der Waals surface area contributed by atoms with Gasteiger partial charge in [-0.25, -0.2) is 9.98 Å². The van der Waals surface area contributed by atoms with E-state index >= 15 is 0 Å². The Hall–Kier alpha value is -2.12. The first-order valence-electron chi connectivity index (χ1n) is 8.49. The molecule has 1 amide bonds. The number of thiazole rings is 1. The minimum Gasteiger partial charge on any atom is -0.357 e. The second-order valence-electron chi connectivity index (χ2n) is 5.60. The summed E-state index contributed by atoms with van der Waals surface area (Å²) >= 11 is 7.69. The first-order chi connectivity index (χ1) is 12.5. The Morgan fingerprint density at radius 2 is 1.92 bits per heavy atom. The van der Waals surface area contributed by atoms with Gasteiger partial charge in [0, 0.05) is 24.5 Å². The molecule has 3 N–H and O–H groups in total. The van der Waals surface area contributed by atoms with Crippen molar-refractivity contribution < 1.29 is 4.79 Å². The first kappa shape index (κ1) is 20.2. The maximum absolute atomic E-state index is 12.1. The minimum atomic E-state index is -0.185. The van der Waals surface area contributed by atoms with Gasteiger partial charge in [-0.1, -0.05) is 23.7 Å². The Morgan fingerprint density at radius 1 is 1.19 bits per heavy atom. The molecule has 0 atom stereocenters. The fourth-order valence-corrected chi connectivity index (χ4v) is 3.39. The van der Waals surface area contributed by atoms with Crippen LogP contribution in [0.2, 0.25) is 5.02 Å². The molecular weight excluding hydrogens is 370 g/mol. The van der Waals surface area contributed by atoms with Crippen LogP contribution in [0, 0.1) is 13.8 Å². The van der Waals surface area contributed by atoms with Crippen molar-refractivity contribution in [2.75, 3.05) is 19.6 Å². The molecule has 0 saturated heterocycles. The number of nitrogens with one attached hydrogen (secondary N) is 3. The number of halogens is 1. The summed E-state index contributed by atoms with van der Waals surface area (Å²) < 4.78 is 0. The Bertz CT molecular complexity index is 775. The van der Waals surface area contributed by atoms with Crippen molar-refractivity contribution in [2.24, 2.45) is 4.99 Å². The highest BCUT2D eigenvalue weighted by Crippen LogP contribution is 2.17. The number of hydrogen-bond acceptors (Lipinski definition) is 4. The second kappa shape index (κ2) is 10.1. The zero-order chi connectivity index (χ0) is 18.9. The number of carbonyl (C=O) groups is 1. The van der Waals surface area contributed by atoms with Crippen molar-refractivity contribution in [1.29, 1.82) is 0 Å². The molecule has 1 aromatic carbocycles. The summed E-state index contributed by atoms with van der Waals surface area (Å²) in [6, 6.07) is 6.99. The highest BCUT2D eigenvalue weighted by molar-refractivity contribution is 7.11. The van der Waals surface area contributed by atoms with Gasteiger partial charge in [0.2, 0.25) is 0 Å². The molecule has 0 aliphatic heterocycles. The van der Waals surface area contributed by atoms with E-state index < -0.39 is 0 Å². The maximum atomic E-state index is 12.1. The average molecular weight is 394 g/mol. The number of amides is 1. The van der Waals surface area contributed by atoms with E-state index in [0.717, 1.165) is 22.1 Å². The SMILES string of the molecule is CCNC(=NCc1sc(C)nc1C)NCCNC(=O)c1ccccc1Cl. The third kappa shape index (κ3) is 6.00. The predicted molar refractivity (Wildman–Crippen MR) is 108 cm³/mol. The molecule has 2 rings (SSSR count). The van der Waals surface area contributed by atoms with Gasteiger partial charge in [0.25, 0.3) is 5.91 Å². The summed E-state index contributed by atoms with van der Waals surface area (Å²) in [5, 5.41) is 10.8. The van der Waals surface area contributed by atoms with Gasteiger partial charge in [-0.3, -0.25) is 4.79 Å². The Morgan fingerprint density at radius 3 is 2.58 bits per heavy atom. The van der Waals surface area contributed by atoms with Crippen LogP contribution < -0.4 is 16.0 Å². The summed E-state index contributed by atoms with van der Waals surface area (Å²) in [5.74, 6) is 0.528. The molecular formula is C18H24ClN5OS. The molecule has 140 valence electrons. The van der Waals surface area contributed by atoms with E-state index in [-0.39, 0.29) is 5.91 Å². The molecule has 1 aromatic heterocycles. The molecule has 0 spiro atoms. The number of guanidine groups is 1. The van der Waals surface area contributed by atoms with E-state index in [1.54, 1.807) is 35.6 Å². The fraction of sp³-hybridized carbons (Fsp3) is 0.389. The normalized spacial score (nSPS) is 11.3. The van der Waals surface area contributed by atoms with Crippen molar-refractivity contribution in [2.45, 2.75) is 27.3 Å². The van der Waals surface area contributed by atoms with Crippen molar-refractivity contribution in [3.63, 3.8) is 0 Å². The van der Waals surface area contributed by atoms with Crippen LogP contribution in [0.15, 0.2) is 29.3 Å². The van der Waals surface area contributed by atoms with E-state index in [0.29, 0.717) is 36.2 Å². The number of nitrogens with zero attached hydrogens (tertiary/aromatic N) is 2. The molecule has 8 heteroatoms. The van der Waals surface area contributed by atoms with Crippen LogP contribution in [-0.4, -0.2) is 36.5 Å². The van der Waals surface area contributed by atoms with Crippen LogP contribution in [-0.2, 0) is 6.54 Å². The van der Waals surface area contributed by atoms with Gasteiger partial charge in [0.15, 0.2) is 5.96 Å². The van der Waals surface area contributed by atoms with Crippen LogP contribution >= 0.6 is 22.9 Å². The lowest BCUT2D eigenvalue weighted by Crippen LogP contribution is -2.41. The van der Waals surface area contributed by atoms with Gasteiger partial charge in [-0.15, -0.1) is 11.3 Å². The molecule has 0 saturated carbocycles. The number of aliphatic imine (C=N–C) groups is 1. The highest BCUT2D eigenvalue weighted by Gasteiger charge is 2.08. The number of hydrogen-bond donors (Lipinski definition) is 3. The van der Waals surface area contributed by atoms with Gasteiger partial charge in [0.1, 0.15) is 0 Å². The van der Waals surface area contributed by atoms with Crippen molar-refractivity contribution in [3.05, 3.63) is 50.4 Å². The van der Waals surface area contributed by atoms with Gasteiger partial charge in [-0.05, 0) is 32.9 Å². The third-order valence-electron chi connectivity index (χ3n) is 3.55. The first-order valence-corrected chi connectivity index (χ1v) is 9.68. The maximum Gasteiger partial charge on any atom is 0.252 e. The van der Waals surface area contributed by atoms with Crippen LogP contribution in [0.5, 0.6) is 0 Å². The summed E-state index contributed by atoms with van der Waals surface area (Å²) in [6.07, 6.45) is 0. The fourth-order valence-electron chi connectivity index (χ4n) is 2.31. The van der Waals surface area contributed by atoms with Crippen LogP contribution in [0.25, 0.3) is 0 Å². The molecule has 0 aliphatic carbocycles. The molecule has 1 heterocycles. The second-order valence-corrected chi connectivity index (χ2v) is 7.29. The average Bonchev–Trinajstić information content (AvgIpc) is 2.94. The summed E-state index contributed by atoms with van der Waals surface area (Å²) in [6.45, 7) is 8.38. The number of carbonyl (C=O) groups excluding carboxylic acids is 1. The van der Waals surface area contributed by atoms with Crippen LogP contribution in [0.1, 0.15) is 32.9 Å². The molecule has 0 radical (unpaired) electrons. The predicted octanol–water partition coefficient (Wildman–Crippen LogP) is 2.90. The van der Waals surface area contributed by atoms with Crippen LogP contribution in [0.4, 0.5) is 0 Å². The third-order valence-corrected chi connectivity index (χ3v) is 4.93. The highest BCUT2D eigenvalue weighted by atomic mass is 35.5. The van der Waals surface area contributed by atoms with E-state index in [1.807, 2.05) is 20.8 Å². The summed E-state index contributed by atoms with van der Waals surface area (Å²) in [5.41, 5.74) is 1.50. The lowest BCUT2D eigenvalue weighted by Gasteiger charge is -2.12. The molecule has 0 bridgehead atoms. The molecule has 6 nitrogen and oxygen atoms in total. The Labute approximate surface area is 163 Å². The number of rotatable bonds is 7. The molecule has 0 fully saturated rings. The largest absolute Gasteiger partial charge is 0.357 e. The molecule has 0 aliphatic rings. The smallest absolute Gasteiger partial charge is 0.252 e. The van der Waals surface area contributed by atoms with E-state index in [9.17, 15) is 4.79 Å². The molecule has 26 heavy (non-hydrogen) atoms. The number of aromatic nitrogens is 1. The number of benzene rings is 1. The van der Waals surface area contributed by atoms with Crippen LogP contribution in [0.3, 0.4) is 0 Å².